The normalized spacial score (nSPS) is 23.1. The van der Waals surface area contributed by atoms with Crippen molar-refractivity contribution in [3.63, 3.8) is 0 Å². The Morgan fingerprint density at radius 2 is 1.82 bits per heavy atom. The fourth-order valence-corrected chi connectivity index (χ4v) is 4.96. The van der Waals surface area contributed by atoms with Crippen molar-refractivity contribution < 1.29 is 9.90 Å². The Hall–Kier alpha value is -2.76. The van der Waals surface area contributed by atoms with E-state index in [1.165, 1.54) is 0 Å². The fraction of sp³-hybridized carbons (Fsp3) is 0.304. The summed E-state index contributed by atoms with van der Waals surface area (Å²) in [4.78, 5) is 19.3. The van der Waals surface area contributed by atoms with E-state index in [4.69, 9.17) is 5.73 Å². The molecule has 0 saturated carbocycles. The average Bonchev–Trinajstić information content (AvgIpc) is 2.96. The van der Waals surface area contributed by atoms with Crippen LogP contribution in [0.1, 0.15) is 40.4 Å². The highest BCUT2D eigenvalue weighted by atomic mass is 16.3. The lowest BCUT2D eigenvalue weighted by atomic mass is 9.72. The van der Waals surface area contributed by atoms with Gasteiger partial charge in [0.15, 0.2) is 0 Å². The lowest BCUT2D eigenvalue weighted by Crippen LogP contribution is -2.50. The third-order valence-corrected chi connectivity index (χ3v) is 6.54. The summed E-state index contributed by atoms with van der Waals surface area (Å²) in [5, 5.41) is 11.9. The van der Waals surface area contributed by atoms with Crippen molar-refractivity contribution in [1.82, 2.24) is 9.88 Å². The summed E-state index contributed by atoms with van der Waals surface area (Å²) in [6.45, 7) is 1.20. The Labute approximate surface area is 163 Å². The molecule has 1 aromatic heterocycles. The zero-order chi connectivity index (χ0) is 19.3. The predicted molar refractivity (Wildman–Crippen MR) is 108 cm³/mol. The number of nitrogens with two attached hydrogens (primary N) is 1. The van der Waals surface area contributed by atoms with Crippen molar-refractivity contribution in [2.75, 3.05) is 13.1 Å². The van der Waals surface area contributed by atoms with E-state index < -0.39 is 6.10 Å². The van der Waals surface area contributed by atoms with Crippen molar-refractivity contribution in [3.8, 4) is 0 Å². The minimum absolute atomic E-state index is 0.00169. The number of aliphatic hydroxyl groups excluding tert-OH is 1. The van der Waals surface area contributed by atoms with Gasteiger partial charge in [-0.05, 0) is 36.1 Å². The molecule has 1 spiro atoms. The molecular weight excluding hydrogens is 350 g/mol. The first-order chi connectivity index (χ1) is 13.6. The third kappa shape index (κ3) is 2.47. The summed E-state index contributed by atoms with van der Waals surface area (Å²) >= 11 is 0. The molecule has 0 unspecified atom stereocenters. The number of benzene rings is 2. The smallest absolute Gasteiger partial charge is 0.255 e. The van der Waals surface area contributed by atoms with E-state index in [1.807, 2.05) is 53.4 Å². The van der Waals surface area contributed by atoms with Gasteiger partial charge in [-0.2, -0.15) is 0 Å². The molecule has 142 valence electrons. The minimum atomic E-state index is -0.607. The fourth-order valence-electron chi connectivity index (χ4n) is 4.96. The molecular formula is C23H23N3O2. The van der Waals surface area contributed by atoms with Gasteiger partial charge >= 0.3 is 0 Å². The van der Waals surface area contributed by atoms with Crippen LogP contribution in [0.15, 0.2) is 60.8 Å². The van der Waals surface area contributed by atoms with Crippen molar-refractivity contribution in [2.45, 2.75) is 30.4 Å². The van der Waals surface area contributed by atoms with Crippen LogP contribution in [0, 0.1) is 0 Å². The van der Waals surface area contributed by atoms with Gasteiger partial charge in [-0.15, -0.1) is 0 Å². The lowest BCUT2D eigenvalue weighted by molar-refractivity contribution is 0.0262. The molecule has 3 N–H and O–H groups in total. The van der Waals surface area contributed by atoms with E-state index >= 15 is 0 Å². The van der Waals surface area contributed by atoms with Gasteiger partial charge in [-0.3, -0.25) is 9.78 Å². The molecule has 1 saturated heterocycles. The highest BCUT2D eigenvalue weighted by molar-refractivity contribution is 5.97. The monoisotopic (exact) mass is 373 g/mol. The van der Waals surface area contributed by atoms with Crippen LogP contribution in [-0.4, -0.2) is 40.1 Å². The van der Waals surface area contributed by atoms with Crippen molar-refractivity contribution >= 4 is 16.8 Å². The summed E-state index contributed by atoms with van der Waals surface area (Å²) < 4.78 is 0. The number of para-hydroxylation sites is 1. The number of rotatable bonds is 1. The van der Waals surface area contributed by atoms with E-state index in [1.54, 1.807) is 6.20 Å². The summed E-state index contributed by atoms with van der Waals surface area (Å²) in [6.07, 6.45) is 2.48. The number of nitrogens with zero attached hydrogens (tertiary/aromatic N) is 2. The highest BCUT2D eigenvalue weighted by Crippen LogP contribution is 2.50. The van der Waals surface area contributed by atoms with Gasteiger partial charge in [0.25, 0.3) is 5.91 Å². The van der Waals surface area contributed by atoms with Gasteiger partial charge in [-0.25, -0.2) is 0 Å². The first-order valence-corrected chi connectivity index (χ1v) is 9.77. The molecule has 5 nitrogen and oxygen atoms in total. The summed E-state index contributed by atoms with van der Waals surface area (Å²) in [5.41, 5.74) is 9.62. The molecule has 3 aromatic rings. The Bertz CT molecular complexity index is 1060. The Morgan fingerprint density at radius 1 is 1.11 bits per heavy atom. The second-order valence-corrected chi connectivity index (χ2v) is 7.92. The molecule has 0 bridgehead atoms. The van der Waals surface area contributed by atoms with Crippen LogP contribution in [0.4, 0.5) is 0 Å². The van der Waals surface area contributed by atoms with E-state index in [9.17, 15) is 9.90 Å². The van der Waals surface area contributed by atoms with Crippen LogP contribution in [0.5, 0.6) is 0 Å². The summed E-state index contributed by atoms with van der Waals surface area (Å²) in [6, 6.07) is 17.4. The van der Waals surface area contributed by atoms with Crippen LogP contribution in [0.25, 0.3) is 10.9 Å². The number of likely N-dealkylation sites (tertiary alicyclic amines) is 1. The number of hydrogen-bond donors (Lipinski definition) is 2. The number of aromatic nitrogens is 1. The molecule has 0 radical (unpaired) electrons. The van der Waals surface area contributed by atoms with Crippen LogP contribution < -0.4 is 5.73 Å². The van der Waals surface area contributed by atoms with Gasteiger partial charge in [0.1, 0.15) is 0 Å². The lowest BCUT2D eigenvalue weighted by Gasteiger charge is -2.42. The van der Waals surface area contributed by atoms with E-state index in [0.717, 1.165) is 22.0 Å². The number of amides is 1. The standard InChI is InChI=1S/C23H23N3O2/c24-20-17-6-2-3-7-18(17)23(21(20)27)9-11-26(12-10-23)22(28)16-13-15-5-1-4-8-19(15)25-14-16/h1-8,13-14,20-21,27H,9-12,24H2/t20-,21+/m0/s1. The van der Waals surface area contributed by atoms with E-state index in [-0.39, 0.29) is 17.4 Å². The maximum absolute atomic E-state index is 13.0. The van der Waals surface area contributed by atoms with Crippen LogP contribution >= 0.6 is 0 Å². The number of piperidine rings is 1. The zero-order valence-electron chi connectivity index (χ0n) is 15.6. The SMILES string of the molecule is N[C@H]1c2ccccc2C2(CCN(C(=O)c3cnc4ccccc4c3)CC2)[C@@H]1O. The Morgan fingerprint density at radius 3 is 2.64 bits per heavy atom. The Kier molecular flexibility index (Phi) is 3.96. The molecule has 2 atom stereocenters. The van der Waals surface area contributed by atoms with E-state index in [0.29, 0.717) is 31.5 Å². The van der Waals surface area contributed by atoms with Crippen LogP contribution in [0.2, 0.25) is 0 Å². The van der Waals surface area contributed by atoms with Gasteiger partial charge in [0.2, 0.25) is 0 Å². The number of carbonyl (C=O) groups is 1. The minimum Gasteiger partial charge on any atom is -0.390 e. The van der Waals surface area contributed by atoms with Crippen molar-refractivity contribution in [1.29, 1.82) is 0 Å². The van der Waals surface area contributed by atoms with Crippen LogP contribution in [0.3, 0.4) is 0 Å². The molecule has 1 aliphatic carbocycles. The summed E-state index contributed by atoms with van der Waals surface area (Å²) in [7, 11) is 0. The van der Waals surface area contributed by atoms with E-state index in [2.05, 4.69) is 11.1 Å². The molecule has 2 aliphatic rings. The molecule has 1 fully saturated rings. The molecule has 1 amide bonds. The number of carbonyl (C=O) groups excluding carboxylic acids is 1. The van der Waals surface area contributed by atoms with Gasteiger partial charge in [0.05, 0.1) is 23.2 Å². The molecule has 5 rings (SSSR count). The van der Waals surface area contributed by atoms with Gasteiger partial charge in [-0.1, -0.05) is 42.5 Å². The third-order valence-electron chi connectivity index (χ3n) is 6.54. The topological polar surface area (TPSA) is 79.5 Å². The second-order valence-electron chi connectivity index (χ2n) is 7.92. The molecule has 2 aromatic carbocycles. The first-order valence-electron chi connectivity index (χ1n) is 9.77. The second kappa shape index (κ2) is 6.40. The van der Waals surface area contributed by atoms with Crippen LogP contribution in [-0.2, 0) is 5.41 Å². The van der Waals surface area contributed by atoms with Gasteiger partial charge in [0, 0.05) is 30.1 Å². The zero-order valence-corrected chi connectivity index (χ0v) is 15.6. The molecule has 28 heavy (non-hydrogen) atoms. The average molecular weight is 373 g/mol. The quantitative estimate of drug-likeness (QED) is 0.687. The highest BCUT2D eigenvalue weighted by Gasteiger charge is 2.51. The van der Waals surface area contributed by atoms with Crippen molar-refractivity contribution in [3.05, 3.63) is 77.5 Å². The summed E-state index contributed by atoms with van der Waals surface area (Å²) in [5.74, 6) is -0.00169. The van der Waals surface area contributed by atoms with Gasteiger partial charge < -0.3 is 15.7 Å². The number of hydrogen-bond acceptors (Lipinski definition) is 4. The maximum Gasteiger partial charge on any atom is 0.255 e. The maximum atomic E-state index is 13.0. The molecule has 5 heteroatoms. The Balaban J connectivity index is 1.39. The number of aliphatic hydroxyl groups is 1. The number of fused-ring (bicyclic) bond motifs is 3. The van der Waals surface area contributed by atoms with Crippen molar-refractivity contribution in [2.24, 2.45) is 5.73 Å². The largest absolute Gasteiger partial charge is 0.390 e. The molecule has 1 aliphatic heterocycles. The molecule has 2 heterocycles. The predicted octanol–water partition coefficient (Wildman–Crippen LogP) is 2.78. The first kappa shape index (κ1) is 17.3. The number of pyridine rings is 1.